The highest BCUT2D eigenvalue weighted by Crippen LogP contribution is 2.32. The quantitative estimate of drug-likeness (QED) is 0.931. The Morgan fingerprint density at radius 2 is 2.25 bits per heavy atom. The third-order valence-electron chi connectivity index (χ3n) is 3.64. The number of para-hydroxylation sites is 1. The first kappa shape index (κ1) is 12.8. The third-order valence-corrected chi connectivity index (χ3v) is 3.64. The van der Waals surface area contributed by atoms with Gasteiger partial charge in [-0.2, -0.15) is 0 Å². The van der Waals surface area contributed by atoms with Crippen molar-refractivity contribution in [3.8, 4) is 0 Å². The first-order valence-corrected chi connectivity index (χ1v) is 7.03. The number of aromatic nitrogens is 3. The Bertz CT molecular complexity index is 634. The van der Waals surface area contributed by atoms with Crippen molar-refractivity contribution in [3.63, 3.8) is 0 Å². The Morgan fingerprint density at radius 1 is 1.45 bits per heavy atom. The first-order chi connectivity index (χ1) is 9.70. The van der Waals surface area contributed by atoms with Gasteiger partial charge in [0.25, 0.3) is 5.91 Å². The van der Waals surface area contributed by atoms with E-state index >= 15 is 0 Å². The van der Waals surface area contributed by atoms with Crippen molar-refractivity contribution in [1.82, 2.24) is 15.2 Å². The van der Waals surface area contributed by atoms with Crippen molar-refractivity contribution in [2.45, 2.75) is 39.2 Å². The van der Waals surface area contributed by atoms with Crippen molar-refractivity contribution < 1.29 is 4.79 Å². The van der Waals surface area contributed by atoms with Crippen molar-refractivity contribution in [2.75, 3.05) is 4.90 Å². The maximum Gasteiger partial charge on any atom is 0.298 e. The van der Waals surface area contributed by atoms with Crippen LogP contribution < -0.4 is 4.90 Å². The lowest BCUT2D eigenvalue weighted by Crippen LogP contribution is -2.36. The predicted molar refractivity (Wildman–Crippen MR) is 76.8 cm³/mol. The molecule has 0 spiro atoms. The Labute approximate surface area is 118 Å². The minimum Gasteiger partial charge on any atom is -0.302 e. The molecule has 0 saturated heterocycles. The number of aromatic amines is 1. The smallest absolute Gasteiger partial charge is 0.298 e. The number of hydrogen-bond acceptors (Lipinski definition) is 3. The number of benzene rings is 1. The number of carbonyl (C=O) groups is 1. The molecule has 5 heteroatoms. The fraction of sp³-hybridized carbons (Fsp3) is 0.400. The molecule has 1 aliphatic rings. The van der Waals surface area contributed by atoms with Gasteiger partial charge in [-0.1, -0.05) is 25.1 Å². The molecule has 0 bridgehead atoms. The van der Waals surface area contributed by atoms with Crippen molar-refractivity contribution in [2.24, 2.45) is 0 Å². The second kappa shape index (κ2) is 5.07. The van der Waals surface area contributed by atoms with Crippen LogP contribution in [0, 0.1) is 0 Å². The van der Waals surface area contributed by atoms with E-state index in [-0.39, 0.29) is 17.8 Å². The Hall–Kier alpha value is -2.17. The summed E-state index contributed by atoms with van der Waals surface area (Å²) in [6.07, 6.45) is 2.67. The van der Waals surface area contributed by atoms with Gasteiger partial charge in [0.15, 0.2) is 0 Å². The fourth-order valence-corrected chi connectivity index (χ4v) is 2.72. The van der Waals surface area contributed by atoms with E-state index in [1.54, 1.807) is 4.90 Å². The molecule has 2 aromatic rings. The molecule has 1 aromatic heterocycles. The third kappa shape index (κ3) is 2.09. The van der Waals surface area contributed by atoms with Crippen LogP contribution in [-0.4, -0.2) is 27.1 Å². The van der Waals surface area contributed by atoms with Crippen LogP contribution in [0.1, 0.15) is 42.3 Å². The topological polar surface area (TPSA) is 61.9 Å². The van der Waals surface area contributed by atoms with Crippen molar-refractivity contribution in [1.29, 1.82) is 0 Å². The van der Waals surface area contributed by atoms with E-state index in [0.717, 1.165) is 30.8 Å². The summed E-state index contributed by atoms with van der Waals surface area (Å²) in [5, 5.41) is 6.90. The van der Waals surface area contributed by atoms with Crippen LogP contribution in [0.3, 0.4) is 0 Å². The maximum atomic E-state index is 12.6. The first-order valence-electron chi connectivity index (χ1n) is 7.03. The van der Waals surface area contributed by atoms with Gasteiger partial charge in [0.05, 0.1) is 0 Å². The number of nitrogens with zero attached hydrogens (tertiary/aromatic N) is 3. The summed E-state index contributed by atoms with van der Waals surface area (Å²) < 4.78 is 0. The summed E-state index contributed by atoms with van der Waals surface area (Å²) in [6, 6.07) is 8.16. The van der Waals surface area contributed by atoms with E-state index in [1.165, 1.54) is 5.56 Å². The molecule has 1 N–H and O–H groups in total. The Balaban J connectivity index is 1.90. The van der Waals surface area contributed by atoms with Crippen LogP contribution in [0.15, 0.2) is 24.3 Å². The lowest BCUT2D eigenvalue weighted by atomic mass is 10.1. The summed E-state index contributed by atoms with van der Waals surface area (Å²) in [5.74, 6) is 0.911. The van der Waals surface area contributed by atoms with Gasteiger partial charge in [-0.25, -0.2) is 4.98 Å². The normalized spacial score (nSPS) is 17.3. The van der Waals surface area contributed by atoms with Crippen LogP contribution in [0.25, 0.3) is 0 Å². The number of rotatable bonds is 3. The van der Waals surface area contributed by atoms with E-state index in [4.69, 9.17) is 0 Å². The van der Waals surface area contributed by atoms with Gasteiger partial charge in [0, 0.05) is 18.2 Å². The van der Waals surface area contributed by atoms with E-state index in [1.807, 2.05) is 18.2 Å². The van der Waals surface area contributed by atoms with Gasteiger partial charge in [0.1, 0.15) is 5.82 Å². The van der Waals surface area contributed by atoms with Gasteiger partial charge >= 0.3 is 0 Å². The van der Waals surface area contributed by atoms with E-state index in [0.29, 0.717) is 0 Å². The minimum atomic E-state index is -0.124. The molecule has 20 heavy (non-hydrogen) atoms. The molecule has 1 aliphatic heterocycles. The highest BCUT2D eigenvalue weighted by atomic mass is 16.2. The molecule has 1 aromatic carbocycles. The van der Waals surface area contributed by atoms with E-state index in [9.17, 15) is 4.79 Å². The fourth-order valence-electron chi connectivity index (χ4n) is 2.72. The summed E-state index contributed by atoms with van der Waals surface area (Å²) in [5.41, 5.74) is 2.18. The molecule has 2 heterocycles. The number of aryl methyl sites for hydroxylation is 1. The van der Waals surface area contributed by atoms with E-state index < -0.39 is 0 Å². The van der Waals surface area contributed by atoms with Crippen LogP contribution in [0.5, 0.6) is 0 Å². The summed E-state index contributed by atoms with van der Waals surface area (Å²) >= 11 is 0. The summed E-state index contributed by atoms with van der Waals surface area (Å²) in [6.45, 7) is 4.13. The highest BCUT2D eigenvalue weighted by molar-refractivity contribution is 6.05. The van der Waals surface area contributed by atoms with Gasteiger partial charge in [-0.05, 0) is 31.4 Å². The molecule has 0 fully saturated rings. The molecular formula is C15H18N4O. The van der Waals surface area contributed by atoms with Crippen LogP contribution in [0.2, 0.25) is 0 Å². The predicted octanol–water partition coefficient (Wildman–Crippen LogP) is 2.35. The second-order valence-electron chi connectivity index (χ2n) is 5.21. The second-order valence-corrected chi connectivity index (χ2v) is 5.21. The molecule has 1 atom stereocenters. The van der Waals surface area contributed by atoms with E-state index in [2.05, 4.69) is 35.1 Å². The average Bonchev–Trinajstić information content (AvgIpc) is 3.02. The molecule has 0 saturated carbocycles. The molecule has 1 unspecified atom stereocenters. The molecule has 0 aliphatic carbocycles. The zero-order chi connectivity index (χ0) is 14.1. The zero-order valence-electron chi connectivity index (χ0n) is 11.8. The average molecular weight is 270 g/mol. The lowest BCUT2D eigenvalue weighted by Gasteiger charge is -2.20. The van der Waals surface area contributed by atoms with Gasteiger partial charge in [-0.15, -0.1) is 5.10 Å². The molecular weight excluding hydrogens is 252 g/mol. The zero-order valence-corrected chi connectivity index (χ0v) is 11.8. The molecule has 5 nitrogen and oxygen atoms in total. The molecule has 0 radical (unpaired) electrons. The van der Waals surface area contributed by atoms with Gasteiger partial charge < -0.3 is 4.90 Å². The van der Waals surface area contributed by atoms with Crippen LogP contribution in [-0.2, 0) is 12.8 Å². The maximum absolute atomic E-state index is 12.6. The largest absolute Gasteiger partial charge is 0.302 e. The van der Waals surface area contributed by atoms with Crippen molar-refractivity contribution in [3.05, 3.63) is 41.5 Å². The molecule has 1 amide bonds. The number of H-pyrrole nitrogens is 1. The number of nitrogens with one attached hydrogen (secondary N) is 1. The Kier molecular flexibility index (Phi) is 3.26. The number of anilines is 1. The highest BCUT2D eigenvalue weighted by Gasteiger charge is 2.32. The van der Waals surface area contributed by atoms with Gasteiger partial charge in [-0.3, -0.25) is 9.89 Å². The Morgan fingerprint density at radius 3 is 3.05 bits per heavy atom. The van der Waals surface area contributed by atoms with Crippen LogP contribution in [0.4, 0.5) is 5.69 Å². The molecule has 3 rings (SSSR count). The molecule has 104 valence electrons. The standard InChI is InChI=1S/C15H18N4O/c1-3-6-13-16-14(18-17-13)15(20)19-10(2)9-11-7-4-5-8-12(11)19/h4-5,7-8,10H,3,6,9H2,1-2H3,(H,16,17,18). The number of carbonyl (C=O) groups excluding carboxylic acids is 1. The van der Waals surface area contributed by atoms with Crippen LogP contribution >= 0.6 is 0 Å². The number of amides is 1. The van der Waals surface area contributed by atoms with Crippen molar-refractivity contribution >= 4 is 11.6 Å². The summed E-state index contributed by atoms with van der Waals surface area (Å²) in [7, 11) is 0. The number of hydrogen-bond donors (Lipinski definition) is 1. The summed E-state index contributed by atoms with van der Waals surface area (Å²) in [4.78, 5) is 18.7. The number of fused-ring (bicyclic) bond motifs is 1. The monoisotopic (exact) mass is 270 g/mol. The lowest BCUT2D eigenvalue weighted by molar-refractivity contribution is 0.0972. The SMILES string of the molecule is CCCc1nc(C(=O)N2c3ccccc3CC2C)n[nH]1. The van der Waals surface area contributed by atoms with Gasteiger partial charge in [0.2, 0.25) is 5.82 Å². The minimum absolute atomic E-state index is 0.124.